The highest BCUT2D eigenvalue weighted by Crippen LogP contribution is 2.40. The third-order valence-corrected chi connectivity index (χ3v) is 6.85. The number of H-pyrrole nitrogens is 1. The maximum absolute atomic E-state index is 4.84. The lowest BCUT2D eigenvalue weighted by Gasteiger charge is -2.10. The van der Waals surface area contributed by atoms with E-state index in [0.717, 1.165) is 51.2 Å². The van der Waals surface area contributed by atoms with Gasteiger partial charge in [-0.1, -0.05) is 43.3 Å². The standard InChI is InChI=1S/C22H19BrN6S/c1-2-5-19-24-17-6-3-4-7-18(17)29(19)12-14-8-10-15(11-9-14)16-13-30-21(23)20(16)22-25-27-28-26-22/h3-4,6-11,13H,2,5,12H2,1H3,(H,25,26,27,28). The van der Waals surface area contributed by atoms with Crippen molar-refractivity contribution in [2.75, 3.05) is 0 Å². The van der Waals surface area contributed by atoms with Gasteiger partial charge in [-0.3, -0.25) is 0 Å². The SMILES string of the molecule is CCCc1nc2ccccc2n1Cc1ccc(-c2csc(Br)c2-c2nn[nH]n2)cc1. The molecule has 0 saturated heterocycles. The van der Waals surface area contributed by atoms with Gasteiger partial charge in [-0.25, -0.2) is 4.98 Å². The molecule has 3 heterocycles. The molecule has 0 spiro atoms. The first kappa shape index (κ1) is 19.1. The molecule has 5 rings (SSSR count). The zero-order valence-electron chi connectivity index (χ0n) is 16.3. The topological polar surface area (TPSA) is 72.3 Å². The number of hydrogen-bond donors (Lipinski definition) is 1. The number of hydrogen-bond acceptors (Lipinski definition) is 5. The van der Waals surface area contributed by atoms with Crippen LogP contribution in [-0.2, 0) is 13.0 Å². The van der Waals surface area contributed by atoms with E-state index in [2.05, 4.69) is 95.9 Å². The van der Waals surface area contributed by atoms with Gasteiger partial charge in [-0.2, -0.15) is 5.21 Å². The molecule has 3 aromatic heterocycles. The summed E-state index contributed by atoms with van der Waals surface area (Å²) in [4.78, 5) is 4.84. The molecule has 0 unspecified atom stereocenters. The summed E-state index contributed by atoms with van der Waals surface area (Å²) >= 11 is 5.25. The number of fused-ring (bicyclic) bond motifs is 1. The van der Waals surface area contributed by atoms with Crippen molar-refractivity contribution in [3.63, 3.8) is 0 Å². The second-order valence-corrected chi connectivity index (χ2v) is 9.28. The molecule has 0 radical (unpaired) electrons. The maximum Gasteiger partial charge on any atom is 0.207 e. The number of para-hydroxylation sites is 2. The molecule has 0 aliphatic carbocycles. The fourth-order valence-electron chi connectivity index (χ4n) is 3.71. The number of nitrogens with one attached hydrogen (secondary N) is 1. The van der Waals surface area contributed by atoms with Crippen LogP contribution >= 0.6 is 27.3 Å². The van der Waals surface area contributed by atoms with Gasteiger partial charge in [0.05, 0.1) is 20.4 Å². The largest absolute Gasteiger partial charge is 0.323 e. The van der Waals surface area contributed by atoms with E-state index in [1.165, 1.54) is 11.1 Å². The molecule has 0 bridgehead atoms. The summed E-state index contributed by atoms with van der Waals surface area (Å²) in [5, 5.41) is 16.6. The first-order valence-corrected chi connectivity index (χ1v) is 11.5. The predicted molar refractivity (Wildman–Crippen MR) is 123 cm³/mol. The van der Waals surface area contributed by atoms with Crippen molar-refractivity contribution in [1.29, 1.82) is 0 Å². The van der Waals surface area contributed by atoms with Crippen LogP contribution in [0.5, 0.6) is 0 Å². The van der Waals surface area contributed by atoms with E-state index in [1.807, 2.05) is 6.07 Å². The molecule has 2 aromatic carbocycles. The summed E-state index contributed by atoms with van der Waals surface area (Å²) in [5.41, 5.74) is 6.68. The summed E-state index contributed by atoms with van der Waals surface area (Å²) in [5.74, 6) is 1.74. The van der Waals surface area contributed by atoms with Gasteiger partial charge < -0.3 is 4.57 Å². The summed E-state index contributed by atoms with van der Waals surface area (Å²) in [6, 6.07) is 17.0. The second-order valence-electron chi connectivity index (χ2n) is 7.08. The van der Waals surface area contributed by atoms with E-state index in [1.54, 1.807) is 11.3 Å². The fraction of sp³-hybridized carbons (Fsp3) is 0.182. The number of thiophene rings is 1. The Morgan fingerprint density at radius 3 is 2.70 bits per heavy atom. The molecule has 0 fully saturated rings. The van der Waals surface area contributed by atoms with Crippen molar-refractivity contribution in [2.24, 2.45) is 0 Å². The smallest absolute Gasteiger partial charge is 0.207 e. The number of aryl methyl sites for hydroxylation is 1. The van der Waals surface area contributed by atoms with Crippen LogP contribution in [0.1, 0.15) is 24.7 Å². The van der Waals surface area contributed by atoms with E-state index in [9.17, 15) is 0 Å². The van der Waals surface area contributed by atoms with Crippen LogP contribution in [0.3, 0.4) is 0 Å². The minimum Gasteiger partial charge on any atom is -0.323 e. The van der Waals surface area contributed by atoms with E-state index in [4.69, 9.17) is 4.98 Å². The summed E-state index contributed by atoms with van der Waals surface area (Å²) in [6.45, 7) is 3.00. The van der Waals surface area contributed by atoms with E-state index in [-0.39, 0.29) is 0 Å². The van der Waals surface area contributed by atoms with Gasteiger partial charge in [0.1, 0.15) is 5.82 Å². The molecule has 0 atom stereocenters. The van der Waals surface area contributed by atoms with Crippen molar-refractivity contribution in [2.45, 2.75) is 26.3 Å². The van der Waals surface area contributed by atoms with Crippen molar-refractivity contribution < 1.29 is 0 Å². The van der Waals surface area contributed by atoms with Gasteiger partial charge in [-0.15, -0.1) is 21.5 Å². The molecular weight excluding hydrogens is 460 g/mol. The average Bonchev–Trinajstić information content (AvgIpc) is 3.49. The number of tetrazole rings is 1. The van der Waals surface area contributed by atoms with Crippen LogP contribution < -0.4 is 0 Å². The monoisotopic (exact) mass is 478 g/mol. The summed E-state index contributed by atoms with van der Waals surface area (Å²) in [7, 11) is 0. The number of aromatic amines is 1. The Balaban J connectivity index is 1.48. The van der Waals surface area contributed by atoms with Crippen LogP contribution in [0.2, 0.25) is 0 Å². The van der Waals surface area contributed by atoms with Crippen LogP contribution in [0.15, 0.2) is 57.7 Å². The zero-order valence-corrected chi connectivity index (χ0v) is 18.7. The van der Waals surface area contributed by atoms with Gasteiger partial charge in [0.25, 0.3) is 0 Å². The number of aromatic nitrogens is 6. The first-order chi connectivity index (χ1) is 14.7. The highest BCUT2D eigenvalue weighted by molar-refractivity contribution is 9.11. The van der Waals surface area contributed by atoms with Gasteiger partial charge in [0.15, 0.2) is 0 Å². The van der Waals surface area contributed by atoms with E-state index < -0.39 is 0 Å². The molecule has 0 saturated carbocycles. The Morgan fingerprint density at radius 2 is 1.93 bits per heavy atom. The molecule has 8 heteroatoms. The molecular formula is C22H19BrN6S. The molecule has 6 nitrogen and oxygen atoms in total. The van der Waals surface area contributed by atoms with Gasteiger partial charge >= 0.3 is 0 Å². The zero-order chi connectivity index (χ0) is 20.5. The predicted octanol–water partition coefficient (Wildman–Crippen LogP) is 5.71. The van der Waals surface area contributed by atoms with Crippen LogP contribution in [0, 0.1) is 0 Å². The lowest BCUT2D eigenvalue weighted by molar-refractivity contribution is 0.722. The second kappa shape index (κ2) is 8.12. The molecule has 5 aromatic rings. The number of rotatable bonds is 6. The molecule has 0 aliphatic rings. The molecule has 30 heavy (non-hydrogen) atoms. The minimum atomic E-state index is 0.594. The Labute approximate surface area is 186 Å². The van der Waals surface area contributed by atoms with Crippen molar-refractivity contribution in [3.05, 3.63) is 69.1 Å². The summed E-state index contributed by atoms with van der Waals surface area (Å²) < 4.78 is 3.33. The normalized spacial score (nSPS) is 11.4. The Morgan fingerprint density at radius 1 is 1.10 bits per heavy atom. The van der Waals surface area contributed by atoms with E-state index >= 15 is 0 Å². The molecule has 1 N–H and O–H groups in total. The number of halogens is 1. The quantitative estimate of drug-likeness (QED) is 0.339. The van der Waals surface area contributed by atoms with Gasteiger partial charge in [0.2, 0.25) is 5.82 Å². The van der Waals surface area contributed by atoms with Crippen molar-refractivity contribution in [3.8, 4) is 22.5 Å². The molecule has 150 valence electrons. The number of benzene rings is 2. The summed E-state index contributed by atoms with van der Waals surface area (Å²) in [6.07, 6.45) is 2.05. The lowest BCUT2D eigenvalue weighted by atomic mass is 10.0. The van der Waals surface area contributed by atoms with Crippen LogP contribution in [-0.4, -0.2) is 30.2 Å². The third kappa shape index (κ3) is 3.46. The van der Waals surface area contributed by atoms with Crippen LogP contribution in [0.25, 0.3) is 33.5 Å². The average molecular weight is 479 g/mol. The molecule has 0 amide bonds. The highest BCUT2D eigenvalue weighted by atomic mass is 79.9. The van der Waals surface area contributed by atoms with Gasteiger partial charge in [0, 0.05) is 23.9 Å². The third-order valence-electron chi connectivity index (χ3n) is 5.13. The Bertz CT molecular complexity index is 1290. The number of imidazole rings is 1. The van der Waals surface area contributed by atoms with E-state index in [0.29, 0.717) is 5.82 Å². The van der Waals surface area contributed by atoms with Crippen molar-refractivity contribution >= 4 is 38.3 Å². The Hall–Kier alpha value is -2.84. The lowest BCUT2D eigenvalue weighted by Crippen LogP contribution is -2.05. The highest BCUT2D eigenvalue weighted by Gasteiger charge is 2.17. The Kier molecular flexibility index (Phi) is 5.18. The minimum absolute atomic E-state index is 0.594. The first-order valence-electron chi connectivity index (χ1n) is 9.79. The van der Waals surface area contributed by atoms with Gasteiger partial charge in [-0.05, 0) is 50.8 Å². The fourth-order valence-corrected chi connectivity index (χ4v) is 5.18. The molecule has 0 aliphatic heterocycles. The van der Waals surface area contributed by atoms with Crippen molar-refractivity contribution in [1.82, 2.24) is 30.2 Å². The maximum atomic E-state index is 4.84. The number of nitrogens with zero attached hydrogens (tertiary/aromatic N) is 5. The van der Waals surface area contributed by atoms with Crippen LogP contribution in [0.4, 0.5) is 0 Å².